The summed E-state index contributed by atoms with van der Waals surface area (Å²) in [6, 6.07) is 7.42. The number of amides is 1. The van der Waals surface area contributed by atoms with Gasteiger partial charge in [-0.3, -0.25) is 9.69 Å². The molecule has 26 heavy (non-hydrogen) atoms. The summed E-state index contributed by atoms with van der Waals surface area (Å²) in [7, 11) is 2.16. The van der Waals surface area contributed by atoms with Crippen molar-refractivity contribution < 1.29 is 9.53 Å². The minimum atomic E-state index is 0.0331. The van der Waals surface area contributed by atoms with Crippen LogP contribution in [0.1, 0.15) is 23.2 Å². The Morgan fingerprint density at radius 1 is 1.27 bits per heavy atom. The highest BCUT2D eigenvalue weighted by Crippen LogP contribution is 2.38. The third-order valence-corrected chi connectivity index (χ3v) is 5.54. The average Bonchev–Trinajstić information content (AvgIpc) is 2.67. The number of piperidine rings is 1. The summed E-state index contributed by atoms with van der Waals surface area (Å²) in [5.74, 6) is 1.19. The molecule has 2 aromatic heterocycles. The Morgan fingerprint density at radius 2 is 2.15 bits per heavy atom. The molecule has 2 aromatic rings. The molecular weight excluding hydrogens is 330 g/mol. The molecule has 0 bridgehead atoms. The van der Waals surface area contributed by atoms with E-state index in [1.165, 1.54) is 6.20 Å². The van der Waals surface area contributed by atoms with Crippen LogP contribution in [-0.4, -0.2) is 69.7 Å². The molecule has 2 saturated heterocycles. The summed E-state index contributed by atoms with van der Waals surface area (Å²) in [6.45, 7) is 3.21. The molecule has 2 aliphatic heterocycles. The van der Waals surface area contributed by atoms with Crippen molar-refractivity contribution in [2.24, 2.45) is 5.92 Å². The Labute approximate surface area is 153 Å². The molecule has 0 saturated carbocycles. The van der Waals surface area contributed by atoms with Gasteiger partial charge in [0.2, 0.25) is 5.88 Å². The summed E-state index contributed by atoms with van der Waals surface area (Å²) in [5, 5.41) is 7.53. The number of carbonyl (C=O) groups is 1. The fourth-order valence-corrected chi connectivity index (χ4v) is 3.96. The van der Waals surface area contributed by atoms with Gasteiger partial charge in [-0.05, 0) is 44.5 Å². The smallest absolute Gasteiger partial charge is 0.255 e. The molecule has 1 spiro atoms. The normalized spacial score (nSPS) is 22.0. The Kier molecular flexibility index (Phi) is 4.55. The first-order valence-corrected chi connectivity index (χ1v) is 8.97. The largest absolute Gasteiger partial charge is 0.477 e. The van der Waals surface area contributed by atoms with E-state index in [1.807, 2.05) is 23.1 Å². The van der Waals surface area contributed by atoms with Crippen LogP contribution in [0.5, 0.6) is 5.88 Å². The molecule has 136 valence electrons. The highest BCUT2D eigenvalue weighted by molar-refractivity contribution is 5.94. The number of likely N-dealkylation sites (tertiary alicyclic amines) is 2. The van der Waals surface area contributed by atoms with Crippen LogP contribution in [0.3, 0.4) is 0 Å². The van der Waals surface area contributed by atoms with Crippen LogP contribution in [-0.2, 0) is 0 Å². The zero-order valence-electron chi connectivity index (χ0n) is 14.9. The minimum Gasteiger partial charge on any atom is -0.477 e. The molecule has 2 fully saturated rings. The van der Waals surface area contributed by atoms with E-state index in [4.69, 9.17) is 4.74 Å². The van der Waals surface area contributed by atoms with Crippen molar-refractivity contribution in [3.05, 3.63) is 48.4 Å². The first-order valence-electron chi connectivity index (χ1n) is 8.97. The predicted molar refractivity (Wildman–Crippen MR) is 95.8 cm³/mol. The third kappa shape index (κ3) is 3.26. The van der Waals surface area contributed by atoms with Crippen LogP contribution in [0, 0.1) is 5.92 Å². The van der Waals surface area contributed by atoms with E-state index >= 15 is 0 Å². The van der Waals surface area contributed by atoms with Crippen molar-refractivity contribution in [1.29, 1.82) is 0 Å². The molecular formula is C19H23N5O2. The van der Waals surface area contributed by atoms with Crippen molar-refractivity contribution in [3.63, 3.8) is 0 Å². The first-order chi connectivity index (χ1) is 12.7. The molecule has 7 nitrogen and oxygen atoms in total. The first kappa shape index (κ1) is 16.9. The molecule has 1 atom stereocenters. The molecule has 7 heteroatoms. The van der Waals surface area contributed by atoms with E-state index in [1.54, 1.807) is 18.5 Å². The lowest BCUT2D eigenvalue weighted by Crippen LogP contribution is -2.72. The monoisotopic (exact) mass is 353 g/mol. The number of rotatable bonds is 4. The van der Waals surface area contributed by atoms with Crippen molar-refractivity contribution in [2.45, 2.75) is 18.4 Å². The van der Waals surface area contributed by atoms with Gasteiger partial charge in [0.15, 0.2) is 0 Å². The van der Waals surface area contributed by atoms with Crippen molar-refractivity contribution in [2.75, 3.05) is 33.3 Å². The van der Waals surface area contributed by atoms with E-state index in [-0.39, 0.29) is 11.4 Å². The van der Waals surface area contributed by atoms with Gasteiger partial charge in [-0.25, -0.2) is 4.98 Å². The summed E-state index contributed by atoms with van der Waals surface area (Å²) >= 11 is 0. The molecule has 2 aliphatic rings. The van der Waals surface area contributed by atoms with Gasteiger partial charge in [-0.2, -0.15) is 10.2 Å². The fourth-order valence-electron chi connectivity index (χ4n) is 3.96. The number of hydrogen-bond acceptors (Lipinski definition) is 6. The van der Waals surface area contributed by atoms with Gasteiger partial charge in [0.25, 0.3) is 5.91 Å². The van der Waals surface area contributed by atoms with Crippen molar-refractivity contribution >= 4 is 5.91 Å². The standard InChI is InChI=1S/C19H23N5O2/c1-23-9-6-15(12-26-17-4-2-3-7-20-17)10-19(23)13-24(14-19)18(25)16-5-8-21-22-11-16/h2-5,7-8,11,15H,6,9-10,12-14H2,1H3/t15-/m1/s1. The van der Waals surface area contributed by atoms with Crippen molar-refractivity contribution in [1.82, 2.24) is 25.0 Å². The fraction of sp³-hybridized carbons (Fsp3) is 0.474. The number of likely N-dealkylation sites (N-methyl/N-ethyl adjacent to an activating group) is 1. The lowest BCUT2D eigenvalue weighted by Gasteiger charge is -2.58. The van der Waals surface area contributed by atoms with E-state index in [0.29, 0.717) is 24.0 Å². The van der Waals surface area contributed by atoms with E-state index in [0.717, 1.165) is 32.5 Å². The molecule has 0 unspecified atom stereocenters. The number of aromatic nitrogens is 3. The second kappa shape index (κ2) is 6.99. The molecule has 0 aliphatic carbocycles. The summed E-state index contributed by atoms with van der Waals surface area (Å²) in [6.07, 6.45) is 6.97. The second-order valence-electron chi connectivity index (χ2n) is 7.28. The molecule has 4 heterocycles. The molecule has 4 rings (SSSR count). The number of ether oxygens (including phenoxy) is 1. The lowest BCUT2D eigenvalue weighted by atomic mass is 9.75. The minimum absolute atomic E-state index is 0.0331. The van der Waals surface area contributed by atoms with E-state index in [2.05, 4.69) is 27.1 Å². The summed E-state index contributed by atoms with van der Waals surface area (Å²) in [4.78, 5) is 21.1. The molecule has 1 amide bonds. The topological polar surface area (TPSA) is 71.5 Å². The van der Waals surface area contributed by atoms with Gasteiger partial charge < -0.3 is 9.64 Å². The van der Waals surface area contributed by atoms with E-state index in [9.17, 15) is 4.79 Å². The Hall–Kier alpha value is -2.54. The maximum absolute atomic E-state index is 12.6. The SMILES string of the molecule is CN1CC[C@@H](COc2ccccn2)CC12CN(C(=O)c1ccnnc1)C2. The number of nitrogens with zero attached hydrogens (tertiary/aromatic N) is 5. The van der Waals surface area contributed by atoms with Gasteiger partial charge in [-0.15, -0.1) is 0 Å². The van der Waals surface area contributed by atoms with Gasteiger partial charge in [0.05, 0.1) is 30.1 Å². The predicted octanol–water partition coefficient (Wildman–Crippen LogP) is 1.49. The Morgan fingerprint density at radius 3 is 2.88 bits per heavy atom. The van der Waals surface area contributed by atoms with Crippen molar-refractivity contribution in [3.8, 4) is 5.88 Å². The number of pyridine rings is 1. The van der Waals surface area contributed by atoms with Gasteiger partial charge >= 0.3 is 0 Å². The van der Waals surface area contributed by atoms with Crippen LogP contribution in [0.25, 0.3) is 0 Å². The molecule has 0 N–H and O–H groups in total. The maximum atomic E-state index is 12.6. The molecule has 0 radical (unpaired) electrons. The van der Waals surface area contributed by atoms with Crippen LogP contribution in [0.15, 0.2) is 42.9 Å². The van der Waals surface area contributed by atoms with Crippen LogP contribution < -0.4 is 4.74 Å². The van der Waals surface area contributed by atoms with Gasteiger partial charge in [0, 0.05) is 25.4 Å². The Balaban J connectivity index is 1.35. The zero-order valence-corrected chi connectivity index (χ0v) is 14.9. The number of carbonyl (C=O) groups excluding carboxylic acids is 1. The highest BCUT2D eigenvalue weighted by Gasteiger charge is 2.51. The van der Waals surface area contributed by atoms with Crippen LogP contribution >= 0.6 is 0 Å². The number of hydrogen-bond donors (Lipinski definition) is 0. The molecule has 0 aromatic carbocycles. The second-order valence-corrected chi connectivity index (χ2v) is 7.28. The maximum Gasteiger partial charge on any atom is 0.255 e. The lowest BCUT2D eigenvalue weighted by molar-refractivity contribution is -0.0695. The summed E-state index contributed by atoms with van der Waals surface area (Å²) < 4.78 is 5.86. The summed E-state index contributed by atoms with van der Waals surface area (Å²) in [5.41, 5.74) is 0.662. The third-order valence-electron chi connectivity index (χ3n) is 5.54. The van der Waals surface area contributed by atoms with Crippen LogP contribution in [0.2, 0.25) is 0 Å². The zero-order chi connectivity index (χ0) is 18.0. The quantitative estimate of drug-likeness (QED) is 0.829. The van der Waals surface area contributed by atoms with Gasteiger partial charge in [0.1, 0.15) is 0 Å². The Bertz CT molecular complexity index is 749. The highest BCUT2D eigenvalue weighted by atomic mass is 16.5. The van der Waals surface area contributed by atoms with Crippen LogP contribution in [0.4, 0.5) is 0 Å². The van der Waals surface area contributed by atoms with E-state index < -0.39 is 0 Å². The van der Waals surface area contributed by atoms with Gasteiger partial charge in [-0.1, -0.05) is 6.07 Å². The average molecular weight is 353 g/mol.